The number of hydrogen-bond acceptors (Lipinski definition) is 3. The van der Waals surface area contributed by atoms with E-state index in [0.29, 0.717) is 0 Å². The normalized spacial score (nSPS) is 29.9. The van der Waals surface area contributed by atoms with Crippen molar-refractivity contribution in [3.8, 4) is 0 Å². The Morgan fingerprint density at radius 3 is 2.67 bits per heavy atom. The zero-order valence-corrected chi connectivity index (χ0v) is 14.2. The lowest BCUT2D eigenvalue weighted by molar-refractivity contribution is 0.0815. The summed E-state index contributed by atoms with van der Waals surface area (Å²) < 4.78 is 0. The number of likely N-dealkylation sites (tertiary alicyclic amines) is 1. The molecule has 124 valence electrons. The van der Waals surface area contributed by atoms with E-state index in [0.717, 1.165) is 31.2 Å². The van der Waals surface area contributed by atoms with Crippen molar-refractivity contribution in [1.82, 2.24) is 10.2 Å². The molecule has 2 N–H and O–H groups in total. The zero-order chi connectivity index (χ0) is 15.1. The second-order valence-corrected chi connectivity index (χ2v) is 7.64. The summed E-state index contributed by atoms with van der Waals surface area (Å²) in [6, 6.07) is 0. The van der Waals surface area contributed by atoms with Crippen LogP contribution in [0.15, 0.2) is 0 Å². The minimum atomic E-state index is -0.0842. The van der Waals surface area contributed by atoms with Gasteiger partial charge in [-0.2, -0.15) is 0 Å². The largest absolute Gasteiger partial charge is 0.394 e. The van der Waals surface area contributed by atoms with Crippen molar-refractivity contribution in [3.63, 3.8) is 0 Å². The summed E-state index contributed by atoms with van der Waals surface area (Å²) in [5, 5.41) is 13.1. The molecule has 1 aliphatic carbocycles. The predicted molar refractivity (Wildman–Crippen MR) is 89.5 cm³/mol. The molecule has 3 heteroatoms. The summed E-state index contributed by atoms with van der Waals surface area (Å²) in [5.74, 6) is 2.01. The number of aliphatic hydroxyl groups is 1. The van der Waals surface area contributed by atoms with E-state index in [2.05, 4.69) is 24.1 Å². The van der Waals surface area contributed by atoms with E-state index < -0.39 is 0 Å². The van der Waals surface area contributed by atoms with Crippen molar-refractivity contribution < 1.29 is 5.11 Å². The van der Waals surface area contributed by atoms with E-state index >= 15 is 0 Å². The van der Waals surface area contributed by atoms with E-state index in [9.17, 15) is 5.11 Å². The van der Waals surface area contributed by atoms with Crippen molar-refractivity contribution in [2.24, 2.45) is 11.8 Å². The van der Waals surface area contributed by atoms with E-state index in [4.69, 9.17) is 0 Å². The molecule has 0 aromatic carbocycles. The predicted octanol–water partition coefficient (Wildman–Crippen LogP) is 3.03. The van der Waals surface area contributed by atoms with Gasteiger partial charge in [0, 0.05) is 12.1 Å². The van der Waals surface area contributed by atoms with Crippen molar-refractivity contribution in [1.29, 1.82) is 0 Å². The molecule has 0 radical (unpaired) electrons. The second-order valence-electron chi connectivity index (χ2n) is 7.64. The molecule has 2 rings (SSSR count). The SMILES string of the molecule is CCCNC(C)(CO)CCCN1CCC2CCCCC2C1. The van der Waals surface area contributed by atoms with Crippen LogP contribution in [-0.4, -0.2) is 48.3 Å². The van der Waals surface area contributed by atoms with Crippen molar-refractivity contribution in [2.75, 3.05) is 32.8 Å². The van der Waals surface area contributed by atoms with E-state index in [1.54, 1.807) is 0 Å². The minimum Gasteiger partial charge on any atom is -0.394 e. The smallest absolute Gasteiger partial charge is 0.0610 e. The molecule has 3 nitrogen and oxygen atoms in total. The first-order chi connectivity index (χ1) is 10.2. The van der Waals surface area contributed by atoms with Gasteiger partial charge in [0.2, 0.25) is 0 Å². The van der Waals surface area contributed by atoms with Gasteiger partial charge in [0.15, 0.2) is 0 Å². The lowest BCUT2D eigenvalue weighted by atomic mass is 9.75. The van der Waals surface area contributed by atoms with Crippen LogP contribution in [0.5, 0.6) is 0 Å². The fraction of sp³-hybridized carbons (Fsp3) is 1.00. The van der Waals surface area contributed by atoms with Crippen LogP contribution >= 0.6 is 0 Å². The first kappa shape index (κ1) is 17.2. The van der Waals surface area contributed by atoms with Crippen LogP contribution in [0, 0.1) is 11.8 Å². The van der Waals surface area contributed by atoms with Crippen LogP contribution < -0.4 is 5.32 Å². The summed E-state index contributed by atoms with van der Waals surface area (Å²) in [6.07, 6.45) is 10.7. The molecule has 3 unspecified atom stereocenters. The van der Waals surface area contributed by atoms with Gasteiger partial charge in [-0.25, -0.2) is 0 Å². The Morgan fingerprint density at radius 2 is 1.95 bits per heavy atom. The third kappa shape index (κ3) is 5.22. The summed E-state index contributed by atoms with van der Waals surface area (Å²) in [5.41, 5.74) is -0.0842. The first-order valence-corrected chi connectivity index (χ1v) is 9.25. The number of nitrogens with zero attached hydrogens (tertiary/aromatic N) is 1. The standard InChI is InChI=1S/C18H36N2O/c1-3-11-19-18(2,15-21)10-6-12-20-13-9-16-7-4-5-8-17(16)14-20/h16-17,19,21H,3-15H2,1-2H3. The molecule has 2 aliphatic rings. The molecule has 0 aromatic heterocycles. The van der Waals surface area contributed by atoms with Gasteiger partial charge in [-0.05, 0) is 70.5 Å². The summed E-state index contributed by atoms with van der Waals surface area (Å²) >= 11 is 0. The Kier molecular flexibility index (Phi) is 6.97. The lowest BCUT2D eigenvalue weighted by Gasteiger charge is -2.41. The van der Waals surface area contributed by atoms with Crippen LogP contribution in [0.3, 0.4) is 0 Å². The topological polar surface area (TPSA) is 35.5 Å². The van der Waals surface area contributed by atoms with Crippen LogP contribution in [0.4, 0.5) is 0 Å². The summed E-state index contributed by atoms with van der Waals surface area (Å²) in [7, 11) is 0. The molecule has 0 spiro atoms. The maximum Gasteiger partial charge on any atom is 0.0610 e. The molecule has 1 saturated heterocycles. The van der Waals surface area contributed by atoms with Crippen molar-refractivity contribution in [3.05, 3.63) is 0 Å². The number of hydrogen-bond donors (Lipinski definition) is 2. The van der Waals surface area contributed by atoms with Crippen LogP contribution in [0.25, 0.3) is 0 Å². The van der Waals surface area contributed by atoms with Crippen LogP contribution in [0.1, 0.15) is 65.2 Å². The van der Waals surface area contributed by atoms with Crippen molar-refractivity contribution >= 4 is 0 Å². The third-order valence-electron chi connectivity index (χ3n) is 5.73. The second kappa shape index (κ2) is 8.50. The van der Waals surface area contributed by atoms with Crippen LogP contribution in [-0.2, 0) is 0 Å². The molecule has 1 aliphatic heterocycles. The maximum atomic E-state index is 9.63. The van der Waals surface area contributed by atoms with Gasteiger partial charge in [0.1, 0.15) is 0 Å². The Bertz CT molecular complexity index is 297. The van der Waals surface area contributed by atoms with Gasteiger partial charge < -0.3 is 15.3 Å². The minimum absolute atomic E-state index is 0.0842. The fourth-order valence-electron chi connectivity index (χ4n) is 4.22. The number of nitrogens with one attached hydrogen (secondary N) is 1. The molecule has 1 saturated carbocycles. The van der Waals surface area contributed by atoms with E-state index in [1.165, 1.54) is 58.2 Å². The molecule has 0 amide bonds. The molecule has 0 bridgehead atoms. The van der Waals surface area contributed by atoms with Gasteiger partial charge in [-0.1, -0.05) is 26.2 Å². The highest BCUT2D eigenvalue weighted by Crippen LogP contribution is 2.36. The number of fused-ring (bicyclic) bond motifs is 1. The highest BCUT2D eigenvalue weighted by molar-refractivity contribution is 4.85. The Hall–Kier alpha value is -0.120. The number of aliphatic hydroxyl groups excluding tert-OH is 1. The Balaban J connectivity index is 1.68. The maximum absolute atomic E-state index is 9.63. The zero-order valence-electron chi connectivity index (χ0n) is 14.2. The molecule has 0 aromatic rings. The number of rotatable bonds is 8. The highest BCUT2D eigenvalue weighted by Gasteiger charge is 2.31. The Morgan fingerprint density at radius 1 is 1.19 bits per heavy atom. The third-order valence-corrected chi connectivity index (χ3v) is 5.73. The average molecular weight is 296 g/mol. The Labute approximate surface area is 131 Å². The summed E-state index contributed by atoms with van der Waals surface area (Å²) in [4.78, 5) is 2.68. The molecule has 1 heterocycles. The first-order valence-electron chi connectivity index (χ1n) is 9.25. The summed E-state index contributed by atoms with van der Waals surface area (Å²) in [6.45, 7) is 9.45. The number of piperidine rings is 1. The molecular weight excluding hydrogens is 260 g/mol. The molecule has 21 heavy (non-hydrogen) atoms. The quantitative estimate of drug-likeness (QED) is 0.723. The molecule has 3 atom stereocenters. The fourth-order valence-corrected chi connectivity index (χ4v) is 4.22. The van der Waals surface area contributed by atoms with Gasteiger partial charge in [0.05, 0.1) is 6.61 Å². The monoisotopic (exact) mass is 296 g/mol. The van der Waals surface area contributed by atoms with E-state index in [-0.39, 0.29) is 12.1 Å². The lowest BCUT2D eigenvalue weighted by Crippen LogP contribution is -2.47. The molecular formula is C18H36N2O. The van der Waals surface area contributed by atoms with E-state index in [1.807, 2.05) is 0 Å². The van der Waals surface area contributed by atoms with Crippen LogP contribution in [0.2, 0.25) is 0 Å². The molecule has 2 fully saturated rings. The van der Waals surface area contributed by atoms with Crippen molar-refractivity contribution in [2.45, 2.75) is 70.8 Å². The highest BCUT2D eigenvalue weighted by atomic mass is 16.3. The average Bonchev–Trinajstić information content (AvgIpc) is 2.53. The van der Waals surface area contributed by atoms with Gasteiger partial charge in [0.25, 0.3) is 0 Å². The van der Waals surface area contributed by atoms with Gasteiger partial charge >= 0.3 is 0 Å². The van der Waals surface area contributed by atoms with Gasteiger partial charge in [-0.15, -0.1) is 0 Å². The van der Waals surface area contributed by atoms with Gasteiger partial charge in [-0.3, -0.25) is 0 Å².